The number of hydrogen-bond acceptors (Lipinski definition) is 3. The Labute approximate surface area is 149 Å². The lowest BCUT2D eigenvalue weighted by Gasteiger charge is -2.21. The van der Waals surface area contributed by atoms with Gasteiger partial charge in [-0.25, -0.2) is 0 Å². The maximum absolute atomic E-state index is 5.82. The SMILES string of the molecule is I.NC(=NCCCOCC1CCOCC1)Nc1ccccc1. The number of aliphatic imine (C=N–C) groups is 1. The highest BCUT2D eigenvalue weighted by Gasteiger charge is 2.13. The molecule has 6 heteroatoms. The van der Waals surface area contributed by atoms with Crippen LogP contribution in [0.25, 0.3) is 0 Å². The van der Waals surface area contributed by atoms with Crippen LogP contribution in [0.4, 0.5) is 5.69 Å². The Hall–Kier alpha value is -0.860. The predicted molar refractivity (Wildman–Crippen MR) is 101 cm³/mol. The molecule has 0 bridgehead atoms. The Kier molecular flexibility index (Phi) is 10.2. The Morgan fingerprint density at radius 1 is 1.27 bits per heavy atom. The molecule has 1 aromatic rings. The Morgan fingerprint density at radius 3 is 2.73 bits per heavy atom. The first-order valence-electron chi connectivity index (χ1n) is 7.62. The van der Waals surface area contributed by atoms with Crippen LogP contribution in [0.5, 0.6) is 0 Å². The third-order valence-corrected chi connectivity index (χ3v) is 3.47. The molecule has 0 aromatic heterocycles. The van der Waals surface area contributed by atoms with Crippen molar-refractivity contribution < 1.29 is 9.47 Å². The summed E-state index contributed by atoms with van der Waals surface area (Å²) in [6.45, 7) is 4.00. The molecule has 0 saturated carbocycles. The number of anilines is 1. The van der Waals surface area contributed by atoms with Crippen LogP contribution in [0, 0.1) is 5.92 Å². The maximum Gasteiger partial charge on any atom is 0.193 e. The van der Waals surface area contributed by atoms with Gasteiger partial charge in [0.25, 0.3) is 0 Å². The Morgan fingerprint density at radius 2 is 2.00 bits per heavy atom. The molecule has 0 radical (unpaired) electrons. The molecule has 1 fully saturated rings. The second-order valence-electron chi connectivity index (χ2n) is 5.24. The summed E-state index contributed by atoms with van der Waals surface area (Å²) in [4.78, 5) is 4.29. The van der Waals surface area contributed by atoms with Crippen LogP contribution >= 0.6 is 24.0 Å². The van der Waals surface area contributed by atoms with Crippen molar-refractivity contribution >= 4 is 35.6 Å². The monoisotopic (exact) mass is 419 g/mol. The lowest BCUT2D eigenvalue weighted by atomic mass is 10.0. The van der Waals surface area contributed by atoms with Gasteiger partial charge in [0.15, 0.2) is 5.96 Å². The highest BCUT2D eigenvalue weighted by molar-refractivity contribution is 14.0. The van der Waals surface area contributed by atoms with Crippen molar-refractivity contribution in [2.75, 3.05) is 38.3 Å². The van der Waals surface area contributed by atoms with Crippen LogP contribution in [0.2, 0.25) is 0 Å². The third-order valence-electron chi connectivity index (χ3n) is 3.47. The number of rotatable bonds is 7. The van der Waals surface area contributed by atoms with Gasteiger partial charge in [-0.3, -0.25) is 4.99 Å². The highest BCUT2D eigenvalue weighted by Crippen LogP contribution is 2.14. The first-order valence-corrected chi connectivity index (χ1v) is 7.62. The van der Waals surface area contributed by atoms with Gasteiger partial charge in [-0.1, -0.05) is 18.2 Å². The maximum atomic E-state index is 5.82. The van der Waals surface area contributed by atoms with E-state index in [1.54, 1.807) is 0 Å². The van der Waals surface area contributed by atoms with Crippen molar-refractivity contribution in [1.29, 1.82) is 0 Å². The number of ether oxygens (including phenoxy) is 2. The number of benzene rings is 1. The second-order valence-corrected chi connectivity index (χ2v) is 5.24. The van der Waals surface area contributed by atoms with Crippen molar-refractivity contribution in [2.24, 2.45) is 16.6 Å². The fourth-order valence-corrected chi connectivity index (χ4v) is 2.24. The van der Waals surface area contributed by atoms with E-state index in [4.69, 9.17) is 15.2 Å². The number of nitrogens with two attached hydrogens (primary N) is 1. The smallest absolute Gasteiger partial charge is 0.193 e. The molecular weight excluding hydrogens is 393 g/mol. The topological polar surface area (TPSA) is 68.9 Å². The van der Waals surface area contributed by atoms with Gasteiger partial charge < -0.3 is 20.5 Å². The van der Waals surface area contributed by atoms with Gasteiger partial charge in [-0.2, -0.15) is 0 Å². The van der Waals surface area contributed by atoms with E-state index >= 15 is 0 Å². The zero-order valence-corrected chi connectivity index (χ0v) is 15.2. The summed E-state index contributed by atoms with van der Waals surface area (Å²) in [7, 11) is 0. The molecule has 0 atom stereocenters. The lowest BCUT2D eigenvalue weighted by molar-refractivity contribution is 0.0205. The first-order chi connectivity index (χ1) is 10.3. The van der Waals surface area contributed by atoms with Gasteiger partial charge in [-0.15, -0.1) is 24.0 Å². The van der Waals surface area contributed by atoms with E-state index in [-0.39, 0.29) is 24.0 Å². The summed E-state index contributed by atoms with van der Waals surface area (Å²) in [5.41, 5.74) is 6.77. The zero-order valence-electron chi connectivity index (χ0n) is 12.9. The van der Waals surface area contributed by atoms with E-state index < -0.39 is 0 Å². The minimum atomic E-state index is 0. The van der Waals surface area contributed by atoms with Gasteiger partial charge in [0.2, 0.25) is 0 Å². The first kappa shape index (κ1) is 19.2. The van der Waals surface area contributed by atoms with E-state index in [1.165, 1.54) is 0 Å². The number of halogens is 1. The van der Waals surface area contributed by atoms with E-state index in [2.05, 4.69) is 10.3 Å². The van der Waals surface area contributed by atoms with Crippen molar-refractivity contribution in [3.8, 4) is 0 Å². The molecule has 124 valence electrons. The molecule has 1 aromatic carbocycles. The summed E-state index contributed by atoms with van der Waals surface area (Å²) >= 11 is 0. The van der Waals surface area contributed by atoms with Crippen molar-refractivity contribution in [3.63, 3.8) is 0 Å². The zero-order chi connectivity index (χ0) is 14.8. The average molecular weight is 419 g/mol. The molecule has 0 unspecified atom stereocenters. The molecule has 1 aliphatic heterocycles. The van der Waals surface area contributed by atoms with Gasteiger partial charge in [-0.05, 0) is 37.3 Å². The van der Waals surface area contributed by atoms with E-state index in [1.807, 2.05) is 30.3 Å². The molecule has 0 amide bonds. The Balaban J connectivity index is 0.00000242. The van der Waals surface area contributed by atoms with Crippen LogP contribution in [0.3, 0.4) is 0 Å². The summed E-state index contributed by atoms with van der Waals surface area (Å²) in [5.74, 6) is 1.11. The number of nitrogens with one attached hydrogen (secondary N) is 1. The Bertz CT molecular complexity index is 423. The molecule has 0 spiro atoms. The molecule has 3 N–H and O–H groups in total. The van der Waals surface area contributed by atoms with Crippen molar-refractivity contribution in [3.05, 3.63) is 30.3 Å². The molecule has 1 aliphatic rings. The molecule has 0 aliphatic carbocycles. The van der Waals surface area contributed by atoms with Crippen molar-refractivity contribution in [2.45, 2.75) is 19.3 Å². The van der Waals surface area contributed by atoms with Crippen molar-refractivity contribution in [1.82, 2.24) is 0 Å². The normalized spacial score (nSPS) is 16.1. The molecule has 2 rings (SSSR count). The molecule has 5 nitrogen and oxygen atoms in total. The van der Waals surface area contributed by atoms with Gasteiger partial charge in [0.05, 0.1) is 0 Å². The summed E-state index contributed by atoms with van der Waals surface area (Å²) in [6, 6.07) is 9.80. The fourth-order valence-electron chi connectivity index (χ4n) is 2.24. The lowest BCUT2D eigenvalue weighted by Crippen LogP contribution is -2.23. The predicted octanol–water partition coefficient (Wildman–Crippen LogP) is 2.86. The minimum Gasteiger partial charge on any atom is -0.381 e. The van der Waals surface area contributed by atoms with Gasteiger partial charge in [0.1, 0.15) is 0 Å². The molecule has 1 saturated heterocycles. The summed E-state index contributed by atoms with van der Waals surface area (Å²) in [6.07, 6.45) is 3.12. The average Bonchev–Trinajstić information content (AvgIpc) is 2.53. The van der Waals surface area contributed by atoms with Gasteiger partial charge in [0, 0.05) is 38.7 Å². The molecular formula is C16H26IN3O2. The number of guanidine groups is 1. The van der Waals surface area contributed by atoms with Crippen LogP contribution < -0.4 is 11.1 Å². The molecule has 22 heavy (non-hydrogen) atoms. The highest BCUT2D eigenvalue weighted by atomic mass is 127. The van der Waals surface area contributed by atoms with Crippen LogP contribution in [0.1, 0.15) is 19.3 Å². The minimum absolute atomic E-state index is 0. The largest absolute Gasteiger partial charge is 0.381 e. The fraction of sp³-hybridized carbons (Fsp3) is 0.562. The van der Waals surface area contributed by atoms with Gasteiger partial charge >= 0.3 is 0 Å². The number of nitrogens with zero attached hydrogens (tertiary/aromatic N) is 1. The number of hydrogen-bond donors (Lipinski definition) is 2. The molecule has 1 heterocycles. The second kappa shape index (κ2) is 11.7. The summed E-state index contributed by atoms with van der Waals surface area (Å²) < 4.78 is 11.0. The van der Waals surface area contributed by atoms with Crippen LogP contribution in [-0.4, -0.2) is 38.9 Å². The standard InChI is InChI=1S/C16H25N3O2.HI/c17-16(19-15-5-2-1-3-6-15)18-9-4-10-21-13-14-7-11-20-12-8-14;/h1-3,5-6,14H,4,7-13H2,(H3,17,18,19);1H. The summed E-state index contributed by atoms with van der Waals surface area (Å²) in [5, 5.41) is 3.06. The van der Waals surface area contributed by atoms with Crippen LogP contribution in [0.15, 0.2) is 35.3 Å². The third kappa shape index (κ3) is 7.95. The van der Waals surface area contributed by atoms with Crippen LogP contribution in [-0.2, 0) is 9.47 Å². The van der Waals surface area contributed by atoms with E-state index in [9.17, 15) is 0 Å². The van der Waals surface area contributed by atoms with E-state index in [0.717, 1.165) is 51.4 Å². The van der Waals surface area contributed by atoms with E-state index in [0.29, 0.717) is 18.4 Å². The quantitative estimate of drug-likeness (QED) is 0.309. The number of para-hydroxylation sites is 1.